The fraction of sp³-hybridized carbons (Fsp3) is 0.357. The van der Waals surface area contributed by atoms with E-state index in [0.29, 0.717) is 29.5 Å². The van der Waals surface area contributed by atoms with Gasteiger partial charge in [0.2, 0.25) is 0 Å². The molecule has 0 aliphatic carbocycles. The van der Waals surface area contributed by atoms with Gasteiger partial charge in [-0.15, -0.1) is 17.5 Å². The highest BCUT2D eigenvalue weighted by atomic mass is 35.5. The maximum atomic E-state index is 12.5. The Morgan fingerprint density at radius 2 is 2.18 bits per heavy atom. The molecule has 3 rings (SSSR count). The third-order valence-corrected chi connectivity index (χ3v) is 3.77. The van der Waals surface area contributed by atoms with Crippen LogP contribution in [0.3, 0.4) is 0 Å². The molecule has 0 unspecified atom stereocenters. The van der Waals surface area contributed by atoms with Gasteiger partial charge in [0, 0.05) is 24.2 Å². The molecule has 118 valence electrons. The highest BCUT2D eigenvalue weighted by molar-refractivity contribution is 6.30. The van der Waals surface area contributed by atoms with Crippen molar-refractivity contribution >= 4 is 29.9 Å². The SMILES string of the molecule is Cc1nn(-c2cccc(Cl)c2)nc1C(=O)N1CC[C@H](N)C1.Cl. The predicted octanol–water partition coefficient (Wildman–Crippen LogP) is 1.82. The summed E-state index contributed by atoms with van der Waals surface area (Å²) in [6.45, 7) is 3.02. The van der Waals surface area contributed by atoms with Gasteiger partial charge in [0.15, 0.2) is 5.69 Å². The van der Waals surface area contributed by atoms with Gasteiger partial charge in [-0.2, -0.15) is 9.90 Å². The van der Waals surface area contributed by atoms with Crippen LogP contribution >= 0.6 is 24.0 Å². The Bertz CT molecular complexity index is 688. The van der Waals surface area contributed by atoms with Gasteiger partial charge in [-0.05, 0) is 31.5 Å². The van der Waals surface area contributed by atoms with Gasteiger partial charge >= 0.3 is 0 Å². The molecule has 0 bridgehead atoms. The first kappa shape index (κ1) is 16.7. The number of carbonyl (C=O) groups excluding carboxylic acids is 1. The molecule has 2 aromatic rings. The Morgan fingerprint density at radius 3 is 2.82 bits per heavy atom. The minimum atomic E-state index is -0.117. The number of rotatable bonds is 2. The molecule has 1 atom stereocenters. The summed E-state index contributed by atoms with van der Waals surface area (Å²) < 4.78 is 0. The van der Waals surface area contributed by atoms with E-state index in [2.05, 4.69) is 10.2 Å². The molecule has 1 fully saturated rings. The first-order valence-corrected chi connectivity index (χ1v) is 7.17. The van der Waals surface area contributed by atoms with Gasteiger partial charge in [-0.3, -0.25) is 4.79 Å². The van der Waals surface area contributed by atoms with Crippen LogP contribution in [0.1, 0.15) is 22.6 Å². The summed E-state index contributed by atoms with van der Waals surface area (Å²) in [5, 5.41) is 9.21. The van der Waals surface area contributed by atoms with E-state index in [9.17, 15) is 4.79 Å². The van der Waals surface area contributed by atoms with Crippen molar-refractivity contribution in [3.63, 3.8) is 0 Å². The number of benzene rings is 1. The predicted molar refractivity (Wildman–Crippen MR) is 86.8 cm³/mol. The molecule has 0 saturated carbocycles. The van der Waals surface area contributed by atoms with Crippen molar-refractivity contribution in [1.82, 2.24) is 19.9 Å². The van der Waals surface area contributed by atoms with E-state index < -0.39 is 0 Å². The van der Waals surface area contributed by atoms with Crippen LogP contribution in [-0.2, 0) is 0 Å². The number of halogens is 2. The Labute approximate surface area is 139 Å². The molecule has 0 radical (unpaired) electrons. The van der Waals surface area contributed by atoms with E-state index in [1.54, 1.807) is 24.0 Å². The largest absolute Gasteiger partial charge is 0.336 e. The van der Waals surface area contributed by atoms with Crippen LogP contribution in [0, 0.1) is 6.92 Å². The molecule has 2 heterocycles. The summed E-state index contributed by atoms with van der Waals surface area (Å²) in [6.07, 6.45) is 0.827. The molecule has 1 aliphatic heterocycles. The molecule has 2 N–H and O–H groups in total. The Morgan fingerprint density at radius 1 is 1.41 bits per heavy atom. The summed E-state index contributed by atoms with van der Waals surface area (Å²) in [4.78, 5) is 15.6. The number of likely N-dealkylation sites (tertiary alicyclic amines) is 1. The maximum Gasteiger partial charge on any atom is 0.276 e. The fourth-order valence-electron chi connectivity index (χ4n) is 2.41. The van der Waals surface area contributed by atoms with Crippen molar-refractivity contribution < 1.29 is 4.79 Å². The average molecular weight is 342 g/mol. The normalized spacial score (nSPS) is 17.4. The Balaban J connectivity index is 0.00000176. The van der Waals surface area contributed by atoms with E-state index in [1.165, 1.54) is 4.80 Å². The maximum absolute atomic E-state index is 12.5. The molecule has 6 nitrogen and oxygen atoms in total. The third-order valence-electron chi connectivity index (χ3n) is 3.54. The summed E-state index contributed by atoms with van der Waals surface area (Å²) in [5.74, 6) is -0.117. The topological polar surface area (TPSA) is 77.0 Å². The van der Waals surface area contributed by atoms with Gasteiger partial charge in [-0.1, -0.05) is 17.7 Å². The number of hydrogen-bond acceptors (Lipinski definition) is 4. The van der Waals surface area contributed by atoms with E-state index in [0.717, 1.165) is 12.1 Å². The molecule has 1 aromatic carbocycles. The quantitative estimate of drug-likeness (QED) is 0.903. The Kier molecular flexibility index (Phi) is 5.05. The summed E-state index contributed by atoms with van der Waals surface area (Å²) >= 11 is 5.97. The lowest BCUT2D eigenvalue weighted by Gasteiger charge is -2.13. The number of nitrogens with two attached hydrogens (primary N) is 1. The number of aromatic nitrogens is 3. The first-order valence-electron chi connectivity index (χ1n) is 6.79. The number of amides is 1. The van der Waals surface area contributed by atoms with E-state index >= 15 is 0 Å². The summed E-state index contributed by atoms with van der Waals surface area (Å²) in [7, 11) is 0. The van der Waals surface area contributed by atoms with Crippen molar-refractivity contribution in [2.45, 2.75) is 19.4 Å². The first-order chi connectivity index (χ1) is 10.0. The molecule has 0 spiro atoms. The van der Waals surface area contributed by atoms with Gasteiger partial charge in [0.1, 0.15) is 0 Å². The van der Waals surface area contributed by atoms with Crippen molar-refractivity contribution in [2.24, 2.45) is 5.73 Å². The zero-order chi connectivity index (χ0) is 15.0. The van der Waals surface area contributed by atoms with Crippen molar-refractivity contribution in [1.29, 1.82) is 0 Å². The van der Waals surface area contributed by atoms with Crippen LogP contribution in [0.5, 0.6) is 0 Å². The van der Waals surface area contributed by atoms with E-state index in [4.69, 9.17) is 17.3 Å². The molecule has 1 aromatic heterocycles. The average Bonchev–Trinajstić information content (AvgIpc) is 3.04. The molecule has 8 heteroatoms. The highest BCUT2D eigenvalue weighted by Gasteiger charge is 2.28. The standard InChI is InChI=1S/C14H16ClN5O.ClH/c1-9-13(14(21)19-6-5-11(16)8-19)18-20(17-9)12-4-2-3-10(15)7-12;/h2-4,7,11H,5-6,8,16H2,1H3;1H/t11-;/m0./s1. The van der Waals surface area contributed by atoms with Crippen LogP contribution in [-0.4, -0.2) is 44.9 Å². The van der Waals surface area contributed by atoms with Gasteiger partial charge < -0.3 is 10.6 Å². The summed E-state index contributed by atoms with van der Waals surface area (Å²) in [5.41, 5.74) is 7.53. The number of carbonyl (C=O) groups is 1. The lowest BCUT2D eigenvalue weighted by Crippen LogP contribution is -2.32. The molecule has 1 aliphatic rings. The lowest BCUT2D eigenvalue weighted by molar-refractivity contribution is 0.0784. The fourth-order valence-corrected chi connectivity index (χ4v) is 2.60. The van der Waals surface area contributed by atoms with Crippen LogP contribution in [0.4, 0.5) is 0 Å². The van der Waals surface area contributed by atoms with Crippen LogP contribution < -0.4 is 5.73 Å². The van der Waals surface area contributed by atoms with Crippen LogP contribution in [0.2, 0.25) is 5.02 Å². The molecule has 1 amide bonds. The van der Waals surface area contributed by atoms with Gasteiger partial charge in [-0.25, -0.2) is 0 Å². The van der Waals surface area contributed by atoms with Crippen molar-refractivity contribution in [2.75, 3.05) is 13.1 Å². The molecule has 22 heavy (non-hydrogen) atoms. The third kappa shape index (κ3) is 3.24. The van der Waals surface area contributed by atoms with Gasteiger partial charge in [0.05, 0.1) is 11.4 Å². The number of nitrogens with zero attached hydrogens (tertiary/aromatic N) is 4. The molecule has 1 saturated heterocycles. The monoisotopic (exact) mass is 341 g/mol. The smallest absolute Gasteiger partial charge is 0.276 e. The van der Waals surface area contributed by atoms with E-state index in [-0.39, 0.29) is 24.4 Å². The minimum absolute atomic E-state index is 0. The van der Waals surface area contributed by atoms with Gasteiger partial charge in [0.25, 0.3) is 5.91 Å². The van der Waals surface area contributed by atoms with Crippen LogP contribution in [0.15, 0.2) is 24.3 Å². The second-order valence-electron chi connectivity index (χ2n) is 5.20. The number of aryl methyl sites for hydroxylation is 1. The Hall–Kier alpha value is -1.63. The highest BCUT2D eigenvalue weighted by Crippen LogP contribution is 2.16. The van der Waals surface area contributed by atoms with Crippen LogP contribution in [0.25, 0.3) is 5.69 Å². The van der Waals surface area contributed by atoms with Crippen molar-refractivity contribution in [3.8, 4) is 5.69 Å². The molecular weight excluding hydrogens is 325 g/mol. The van der Waals surface area contributed by atoms with Crippen molar-refractivity contribution in [3.05, 3.63) is 40.7 Å². The van der Waals surface area contributed by atoms with E-state index in [1.807, 2.05) is 12.1 Å². The second-order valence-corrected chi connectivity index (χ2v) is 5.64. The lowest BCUT2D eigenvalue weighted by atomic mass is 10.3. The zero-order valence-corrected chi connectivity index (χ0v) is 13.6. The minimum Gasteiger partial charge on any atom is -0.336 e. The second kappa shape index (κ2) is 6.64. The molecular formula is C14H17Cl2N5O. The summed E-state index contributed by atoms with van der Waals surface area (Å²) in [6, 6.07) is 7.24. The zero-order valence-electron chi connectivity index (χ0n) is 12.1. The number of hydrogen-bond donors (Lipinski definition) is 1.